The van der Waals surface area contributed by atoms with Gasteiger partial charge in [0.1, 0.15) is 0 Å². The molecule has 5 nitrogen and oxygen atoms in total. The molecule has 24 heavy (non-hydrogen) atoms. The Hall–Kier alpha value is -1.67. The van der Waals surface area contributed by atoms with Crippen molar-refractivity contribution in [3.05, 3.63) is 64.8 Å². The highest BCUT2D eigenvalue weighted by Gasteiger charge is 2.20. The standard InChI is InChI=1S/C17H17BrN2O3S/c18-13-5-7-16(8-6-13)24(22,23)20-15(11-21)10-14-9-12-3-1-2-4-17(12)19-14/h1-9,15,19-21H,10-11H2/t15-/m0/s1. The SMILES string of the molecule is O=S(=O)(N[C@H](CO)Cc1cc2ccccc2[nH]1)c1ccc(Br)cc1. The Morgan fingerprint density at radius 2 is 1.83 bits per heavy atom. The Labute approximate surface area is 148 Å². The van der Waals surface area contributed by atoms with E-state index in [4.69, 9.17) is 0 Å². The number of aliphatic hydroxyl groups is 1. The Balaban J connectivity index is 1.77. The fourth-order valence-corrected chi connectivity index (χ4v) is 4.05. The van der Waals surface area contributed by atoms with Gasteiger partial charge < -0.3 is 10.1 Å². The van der Waals surface area contributed by atoms with Crippen LogP contribution in [0.1, 0.15) is 5.69 Å². The number of rotatable bonds is 6. The van der Waals surface area contributed by atoms with Crippen molar-refractivity contribution in [3.8, 4) is 0 Å². The molecule has 0 aliphatic rings. The molecule has 1 aromatic heterocycles. The fourth-order valence-electron chi connectivity index (χ4n) is 2.55. The number of aliphatic hydroxyl groups excluding tert-OH is 1. The molecule has 0 saturated carbocycles. The van der Waals surface area contributed by atoms with Crippen LogP contribution in [-0.4, -0.2) is 31.2 Å². The van der Waals surface area contributed by atoms with Gasteiger partial charge in [-0.2, -0.15) is 0 Å². The van der Waals surface area contributed by atoms with Crippen LogP contribution >= 0.6 is 15.9 Å². The molecular formula is C17H17BrN2O3S. The smallest absolute Gasteiger partial charge is 0.240 e. The molecule has 0 aliphatic heterocycles. The van der Waals surface area contributed by atoms with E-state index in [1.165, 1.54) is 12.1 Å². The summed E-state index contributed by atoms with van der Waals surface area (Å²) in [7, 11) is -3.68. The summed E-state index contributed by atoms with van der Waals surface area (Å²) in [6.07, 6.45) is 0.376. The first-order valence-electron chi connectivity index (χ1n) is 7.43. The van der Waals surface area contributed by atoms with Crippen molar-refractivity contribution in [3.63, 3.8) is 0 Å². The van der Waals surface area contributed by atoms with Crippen molar-refractivity contribution in [2.45, 2.75) is 17.4 Å². The van der Waals surface area contributed by atoms with Gasteiger partial charge in [0.2, 0.25) is 10.0 Å². The highest BCUT2D eigenvalue weighted by molar-refractivity contribution is 9.10. The van der Waals surface area contributed by atoms with E-state index in [1.807, 2.05) is 30.3 Å². The molecule has 0 radical (unpaired) electrons. The fraction of sp³-hybridized carbons (Fsp3) is 0.176. The number of sulfonamides is 1. The highest BCUT2D eigenvalue weighted by Crippen LogP contribution is 2.18. The monoisotopic (exact) mass is 408 g/mol. The second kappa shape index (κ2) is 7.06. The molecule has 0 bridgehead atoms. The lowest BCUT2D eigenvalue weighted by Crippen LogP contribution is -2.39. The summed E-state index contributed by atoms with van der Waals surface area (Å²) in [5.41, 5.74) is 1.86. The molecule has 1 heterocycles. The summed E-state index contributed by atoms with van der Waals surface area (Å²) in [6, 6.07) is 15.5. The molecule has 0 aliphatic carbocycles. The van der Waals surface area contributed by atoms with Crippen molar-refractivity contribution in [2.75, 3.05) is 6.61 Å². The van der Waals surface area contributed by atoms with Crippen molar-refractivity contribution in [2.24, 2.45) is 0 Å². The number of hydrogen-bond acceptors (Lipinski definition) is 3. The summed E-state index contributed by atoms with van der Waals surface area (Å²) in [6.45, 7) is -0.287. The van der Waals surface area contributed by atoms with Crippen LogP contribution in [0, 0.1) is 0 Å². The largest absolute Gasteiger partial charge is 0.395 e. The molecule has 3 N–H and O–H groups in total. The van der Waals surface area contributed by atoms with Crippen LogP contribution in [0.25, 0.3) is 10.9 Å². The van der Waals surface area contributed by atoms with E-state index in [1.54, 1.807) is 12.1 Å². The van der Waals surface area contributed by atoms with E-state index in [9.17, 15) is 13.5 Å². The molecule has 0 amide bonds. The van der Waals surface area contributed by atoms with Crippen LogP contribution in [0.2, 0.25) is 0 Å². The number of aromatic nitrogens is 1. The maximum atomic E-state index is 12.4. The number of hydrogen-bond donors (Lipinski definition) is 3. The number of fused-ring (bicyclic) bond motifs is 1. The molecule has 1 atom stereocenters. The predicted octanol–water partition coefficient (Wildman–Crippen LogP) is 2.81. The Morgan fingerprint density at radius 1 is 1.12 bits per heavy atom. The van der Waals surface area contributed by atoms with E-state index < -0.39 is 16.1 Å². The van der Waals surface area contributed by atoms with Crippen LogP contribution in [0.4, 0.5) is 0 Å². The number of H-pyrrole nitrogens is 1. The lowest BCUT2D eigenvalue weighted by atomic mass is 10.2. The van der Waals surface area contributed by atoms with Crippen LogP contribution in [-0.2, 0) is 16.4 Å². The molecule has 3 aromatic rings. The molecule has 0 spiro atoms. The topological polar surface area (TPSA) is 82.2 Å². The van der Waals surface area contributed by atoms with E-state index in [2.05, 4.69) is 25.6 Å². The highest BCUT2D eigenvalue weighted by atomic mass is 79.9. The number of para-hydroxylation sites is 1. The normalized spacial score (nSPS) is 13.2. The molecule has 7 heteroatoms. The first kappa shape index (κ1) is 17.2. The molecule has 0 saturated heterocycles. The summed E-state index contributed by atoms with van der Waals surface area (Å²) in [5, 5.41) is 10.6. The van der Waals surface area contributed by atoms with Crippen molar-refractivity contribution >= 4 is 36.9 Å². The average molecular weight is 409 g/mol. The van der Waals surface area contributed by atoms with E-state index in [-0.39, 0.29) is 11.5 Å². The van der Waals surface area contributed by atoms with E-state index in [0.29, 0.717) is 6.42 Å². The van der Waals surface area contributed by atoms with Gasteiger partial charge in [-0.25, -0.2) is 13.1 Å². The second-order valence-corrected chi connectivity index (χ2v) is 8.17. The van der Waals surface area contributed by atoms with Crippen LogP contribution in [0.3, 0.4) is 0 Å². The summed E-state index contributed by atoms with van der Waals surface area (Å²) in [4.78, 5) is 3.41. The van der Waals surface area contributed by atoms with Gasteiger partial charge >= 0.3 is 0 Å². The number of benzene rings is 2. The zero-order valence-corrected chi connectivity index (χ0v) is 15.1. The number of halogens is 1. The van der Waals surface area contributed by atoms with Gasteiger partial charge in [-0.05, 0) is 41.8 Å². The van der Waals surface area contributed by atoms with Gasteiger partial charge in [0.15, 0.2) is 0 Å². The van der Waals surface area contributed by atoms with Crippen LogP contribution < -0.4 is 4.72 Å². The third-order valence-corrected chi connectivity index (χ3v) is 5.78. The zero-order valence-electron chi connectivity index (χ0n) is 12.7. The van der Waals surface area contributed by atoms with Crippen molar-refractivity contribution in [1.82, 2.24) is 9.71 Å². The minimum Gasteiger partial charge on any atom is -0.395 e. The Kier molecular flexibility index (Phi) is 5.05. The number of aromatic amines is 1. The number of nitrogens with one attached hydrogen (secondary N) is 2. The molecule has 2 aromatic carbocycles. The van der Waals surface area contributed by atoms with Crippen LogP contribution in [0.15, 0.2) is 64.0 Å². The lowest BCUT2D eigenvalue weighted by Gasteiger charge is -2.16. The van der Waals surface area contributed by atoms with E-state index >= 15 is 0 Å². The average Bonchev–Trinajstić information content (AvgIpc) is 2.96. The Morgan fingerprint density at radius 3 is 2.50 bits per heavy atom. The summed E-state index contributed by atoms with van der Waals surface area (Å²) in [5.74, 6) is 0. The molecule has 126 valence electrons. The summed E-state index contributed by atoms with van der Waals surface area (Å²) >= 11 is 3.28. The second-order valence-electron chi connectivity index (χ2n) is 5.54. The molecule has 3 rings (SSSR count). The minimum atomic E-state index is -3.68. The predicted molar refractivity (Wildman–Crippen MR) is 97.3 cm³/mol. The first-order valence-corrected chi connectivity index (χ1v) is 9.71. The maximum absolute atomic E-state index is 12.4. The third kappa shape index (κ3) is 3.87. The van der Waals surface area contributed by atoms with Gasteiger partial charge in [0, 0.05) is 22.1 Å². The van der Waals surface area contributed by atoms with Crippen molar-refractivity contribution in [1.29, 1.82) is 0 Å². The minimum absolute atomic E-state index is 0.167. The maximum Gasteiger partial charge on any atom is 0.240 e. The van der Waals surface area contributed by atoms with Gasteiger partial charge in [0.05, 0.1) is 17.5 Å². The van der Waals surface area contributed by atoms with Crippen molar-refractivity contribution < 1.29 is 13.5 Å². The van der Waals surface area contributed by atoms with Gasteiger partial charge in [-0.1, -0.05) is 34.1 Å². The molecular weight excluding hydrogens is 392 g/mol. The first-order chi connectivity index (χ1) is 11.5. The van der Waals surface area contributed by atoms with Gasteiger partial charge in [-0.15, -0.1) is 0 Å². The zero-order chi connectivity index (χ0) is 17.2. The van der Waals surface area contributed by atoms with Gasteiger partial charge in [0.25, 0.3) is 0 Å². The van der Waals surface area contributed by atoms with E-state index in [0.717, 1.165) is 21.1 Å². The molecule has 0 fully saturated rings. The summed E-state index contributed by atoms with van der Waals surface area (Å²) < 4.78 is 28.2. The Bertz CT molecular complexity index is 903. The lowest BCUT2D eigenvalue weighted by molar-refractivity contribution is 0.255. The molecule has 0 unspecified atom stereocenters. The van der Waals surface area contributed by atoms with Gasteiger partial charge in [-0.3, -0.25) is 0 Å². The quantitative estimate of drug-likeness (QED) is 0.586. The van der Waals surface area contributed by atoms with Crippen LogP contribution in [0.5, 0.6) is 0 Å². The third-order valence-electron chi connectivity index (χ3n) is 3.72.